The van der Waals surface area contributed by atoms with Gasteiger partial charge in [-0.25, -0.2) is 17.5 Å². The first kappa shape index (κ1) is 23.6. The minimum atomic E-state index is -3.64. The number of nitrogens with zero attached hydrogens (tertiary/aromatic N) is 1. The summed E-state index contributed by atoms with van der Waals surface area (Å²) in [6, 6.07) is 11.5. The van der Waals surface area contributed by atoms with Gasteiger partial charge in [-0.3, -0.25) is 4.79 Å². The van der Waals surface area contributed by atoms with Crippen LogP contribution >= 0.6 is 0 Å². The van der Waals surface area contributed by atoms with Gasteiger partial charge in [0.2, 0.25) is 10.0 Å². The van der Waals surface area contributed by atoms with Crippen molar-refractivity contribution in [3.63, 3.8) is 0 Å². The van der Waals surface area contributed by atoms with Gasteiger partial charge in [0.15, 0.2) is 6.10 Å². The maximum atomic E-state index is 12.5. The molecule has 1 amide bonds. The molecule has 0 fully saturated rings. The maximum absolute atomic E-state index is 12.5. The highest BCUT2D eigenvalue weighted by atomic mass is 32.2. The number of carbonyl (C=O) groups is 2. The Bertz CT molecular complexity index is 1030. The van der Waals surface area contributed by atoms with Gasteiger partial charge in [-0.1, -0.05) is 32.0 Å². The van der Waals surface area contributed by atoms with Crippen LogP contribution in [0.1, 0.15) is 48.2 Å². The molecule has 2 aromatic carbocycles. The van der Waals surface area contributed by atoms with Gasteiger partial charge in [-0.2, -0.15) is 0 Å². The number of anilines is 1. The normalized spacial score (nSPS) is 12.7. The first-order chi connectivity index (χ1) is 13.9. The number of esters is 1. The zero-order valence-corrected chi connectivity index (χ0v) is 18.9. The monoisotopic (exact) mass is 432 g/mol. The first-order valence-electron chi connectivity index (χ1n) is 9.58. The van der Waals surface area contributed by atoms with E-state index in [9.17, 15) is 18.0 Å². The van der Waals surface area contributed by atoms with Crippen LogP contribution in [0, 0.1) is 6.92 Å². The van der Waals surface area contributed by atoms with E-state index in [2.05, 4.69) is 19.2 Å². The van der Waals surface area contributed by atoms with E-state index in [-0.39, 0.29) is 4.90 Å². The minimum absolute atomic E-state index is 0.0586. The molecule has 0 aliphatic heterocycles. The topological polar surface area (TPSA) is 92.8 Å². The second kappa shape index (κ2) is 9.40. The molecule has 2 aromatic rings. The van der Waals surface area contributed by atoms with Crippen molar-refractivity contribution in [3.8, 4) is 0 Å². The third kappa shape index (κ3) is 5.46. The third-order valence-corrected chi connectivity index (χ3v) is 6.52. The summed E-state index contributed by atoms with van der Waals surface area (Å²) in [5.41, 5.74) is 2.48. The van der Waals surface area contributed by atoms with Crippen LogP contribution in [0.15, 0.2) is 47.4 Å². The van der Waals surface area contributed by atoms with Gasteiger partial charge in [0.05, 0.1) is 10.5 Å². The van der Waals surface area contributed by atoms with E-state index in [0.717, 1.165) is 9.87 Å². The number of carbonyl (C=O) groups excluding carboxylic acids is 2. The number of nitrogens with one attached hydrogen (secondary N) is 1. The molecule has 30 heavy (non-hydrogen) atoms. The lowest BCUT2D eigenvalue weighted by Crippen LogP contribution is -2.30. The Hall–Kier alpha value is -2.71. The molecule has 0 aromatic heterocycles. The second-order valence-electron chi connectivity index (χ2n) is 7.58. The Balaban J connectivity index is 2.11. The van der Waals surface area contributed by atoms with Crippen molar-refractivity contribution in [3.05, 3.63) is 59.2 Å². The van der Waals surface area contributed by atoms with E-state index in [1.807, 2.05) is 12.1 Å². The Morgan fingerprint density at radius 2 is 1.60 bits per heavy atom. The Kier molecular flexibility index (Phi) is 7.39. The fourth-order valence-corrected chi connectivity index (χ4v) is 3.56. The van der Waals surface area contributed by atoms with Crippen molar-refractivity contribution < 1.29 is 22.7 Å². The third-order valence-electron chi connectivity index (χ3n) is 4.71. The lowest BCUT2D eigenvalue weighted by atomic mass is 10.0. The summed E-state index contributed by atoms with van der Waals surface area (Å²) in [6.45, 7) is 7.32. The van der Waals surface area contributed by atoms with Crippen molar-refractivity contribution >= 4 is 27.6 Å². The van der Waals surface area contributed by atoms with Crippen molar-refractivity contribution in [2.45, 2.75) is 44.6 Å². The molecule has 0 bridgehead atoms. The number of sulfonamides is 1. The number of hydrogen-bond donors (Lipinski definition) is 1. The molecule has 0 aliphatic rings. The summed E-state index contributed by atoms with van der Waals surface area (Å²) in [4.78, 5) is 24.9. The summed E-state index contributed by atoms with van der Waals surface area (Å²) in [6.07, 6.45) is -1.06. The fourth-order valence-electron chi connectivity index (χ4n) is 2.63. The number of hydrogen-bond acceptors (Lipinski definition) is 5. The molecule has 1 unspecified atom stereocenters. The number of amides is 1. The van der Waals surface area contributed by atoms with E-state index in [1.54, 1.807) is 25.1 Å². The fraction of sp³-hybridized carbons (Fsp3) is 0.364. The summed E-state index contributed by atoms with van der Waals surface area (Å²) in [7, 11) is -0.774. The summed E-state index contributed by atoms with van der Waals surface area (Å²) in [5, 5.41) is 2.64. The van der Waals surface area contributed by atoms with Crippen molar-refractivity contribution in [2.24, 2.45) is 0 Å². The quantitative estimate of drug-likeness (QED) is 0.676. The van der Waals surface area contributed by atoms with E-state index in [1.165, 1.54) is 33.2 Å². The van der Waals surface area contributed by atoms with Crippen molar-refractivity contribution in [1.29, 1.82) is 0 Å². The molecule has 0 radical (unpaired) electrons. The van der Waals surface area contributed by atoms with Crippen LogP contribution in [0.3, 0.4) is 0 Å². The van der Waals surface area contributed by atoms with Crippen molar-refractivity contribution in [1.82, 2.24) is 4.31 Å². The van der Waals surface area contributed by atoms with Gasteiger partial charge in [0, 0.05) is 19.8 Å². The molecule has 1 atom stereocenters. The average molecular weight is 433 g/mol. The second-order valence-corrected chi connectivity index (χ2v) is 9.73. The average Bonchev–Trinajstić information content (AvgIpc) is 2.69. The Morgan fingerprint density at radius 1 is 1.00 bits per heavy atom. The van der Waals surface area contributed by atoms with E-state index < -0.39 is 28.0 Å². The van der Waals surface area contributed by atoms with Gasteiger partial charge in [-0.05, 0) is 55.2 Å². The lowest BCUT2D eigenvalue weighted by Gasteiger charge is -2.17. The molecule has 0 spiro atoms. The Labute approximate surface area is 178 Å². The van der Waals surface area contributed by atoms with Gasteiger partial charge < -0.3 is 10.1 Å². The molecule has 7 nitrogen and oxygen atoms in total. The predicted octanol–water partition coefficient (Wildman–Crippen LogP) is 3.55. The van der Waals surface area contributed by atoms with Crippen LogP contribution in [-0.4, -0.2) is 44.8 Å². The standard InChI is InChI=1S/C22H28N2O5S/c1-14(2)17-8-10-18(11-9-17)22(26)29-16(4)21(25)23-20-13-19(12-7-15(20)3)30(27,28)24(5)6/h7-14,16H,1-6H3,(H,23,25). The molecule has 0 aliphatic carbocycles. The molecule has 1 N–H and O–H groups in total. The zero-order valence-electron chi connectivity index (χ0n) is 18.1. The molecule has 0 heterocycles. The van der Waals surface area contributed by atoms with Crippen molar-refractivity contribution in [2.75, 3.05) is 19.4 Å². The van der Waals surface area contributed by atoms with Crippen LogP contribution in [0.4, 0.5) is 5.69 Å². The highest BCUT2D eigenvalue weighted by Gasteiger charge is 2.22. The molecular formula is C22H28N2O5S. The number of rotatable bonds is 7. The van der Waals surface area contributed by atoms with E-state index in [4.69, 9.17) is 4.74 Å². The Morgan fingerprint density at radius 3 is 2.13 bits per heavy atom. The van der Waals surface area contributed by atoms with Crippen LogP contribution in [0.25, 0.3) is 0 Å². The van der Waals surface area contributed by atoms with Crippen LogP contribution < -0.4 is 5.32 Å². The van der Waals surface area contributed by atoms with E-state index in [0.29, 0.717) is 22.7 Å². The van der Waals surface area contributed by atoms with Crippen LogP contribution in [0.5, 0.6) is 0 Å². The molecule has 8 heteroatoms. The summed E-state index contributed by atoms with van der Waals surface area (Å²) < 4.78 is 31.0. The maximum Gasteiger partial charge on any atom is 0.338 e. The first-order valence-corrected chi connectivity index (χ1v) is 11.0. The number of ether oxygens (including phenoxy) is 1. The SMILES string of the molecule is Cc1ccc(S(=O)(=O)N(C)C)cc1NC(=O)C(C)OC(=O)c1ccc(C(C)C)cc1. The number of benzene rings is 2. The van der Waals surface area contributed by atoms with E-state index >= 15 is 0 Å². The van der Waals surface area contributed by atoms with Crippen LogP contribution in [0.2, 0.25) is 0 Å². The molecule has 0 saturated heterocycles. The van der Waals surface area contributed by atoms with Gasteiger partial charge in [-0.15, -0.1) is 0 Å². The van der Waals surface area contributed by atoms with Gasteiger partial charge in [0.1, 0.15) is 0 Å². The number of aryl methyl sites for hydroxylation is 1. The highest BCUT2D eigenvalue weighted by Crippen LogP contribution is 2.22. The highest BCUT2D eigenvalue weighted by molar-refractivity contribution is 7.89. The summed E-state index contributed by atoms with van der Waals surface area (Å²) in [5.74, 6) is -0.812. The molecule has 0 saturated carbocycles. The molecular weight excluding hydrogens is 404 g/mol. The van der Waals surface area contributed by atoms with Gasteiger partial charge in [0.25, 0.3) is 5.91 Å². The smallest absolute Gasteiger partial charge is 0.338 e. The van der Waals surface area contributed by atoms with Crippen LogP contribution in [-0.2, 0) is 19.6 Å². The zero-order chi connectivity index (χ0) is 22.6. The van der Waals surface area contributed by atoms with Gasteiger partial charge >= 0.3 is 5.97 Å². The largest absolute Gasteiger partial charge is 0.449 e. The molecule has 162 valence electrons. The minimum Gasteiger partial charge on any atom is -0.449 e. The molecule has 2 rings (SSSR count). The lowest BCUT2D eigenvalue weighted by molar-refractivity contribution is -0.123. The predicted molar refractivity (Wildman–Crippen MR) is 116 cm³/mol. The summed E-state index contributed by atoms with van der Waals surface area (Å²) >= 11 is 0.